The van der Waals surface area contributed by atoms with Gasteiger partial charge in [0.2, 0.25) is 0 Å². The summed E-state index contributed by atoms with van der Waals surface area (Å²) in [6.45, 7) is 2.09. The van der Waals surface area contributed by atoms with Gasteiger partial charge in [-0.25, -0.2) is 0 Å². The summed E-state index contributed by atoms with van der Waals surface area (Å²) in [6.07, 6.45) is -1.85. The van der Waals surface area contributed by atoms with Crippen LogP contribution >= 0.6 is 0 Å². The number of aliphatic hydroxyl groups is 2. The summed E-state index contributed by atoms with van der Waals surface area (Å²) < 4.78 is 10.2. The van der Waals surface area contributed by atoms with E-state index >= 15 is 0 Å². The predicted octanol–water partition coefficient (Wildman–Crippen LogP) is -1.36. The number of hydrogen-bond donors (Lipinski definition) is 2. The lowest BCUT2D eigenvalue weighted by atomic mass is 9.93. The van der Waals surface area contributed by atoms with Crippen LogP contribution in [0.3, 0.4) is 0 Å². The van der Waals surface area contributed by atoms with Crippen LogP contribution in [-0.2, 0) is 9.47 Å². The molecule has 0 saturated carbocycles. The van der Waals surface area contributed by atoms with Crippen LogP contribution in [0.5, 0.6) is 0 Å². The van der Waals surface area contributed by atoms with E-state index in [0.717, 1.165) is 0 Å². The molecule has 0 bridgehead atoms. The lowest BCUT2D eigenvalue weighted by molar-refractivity contribution is -0.0489. The first-order chi connectivity index (χ1) is 5.70. The van der Waals surface area contributed by atoms with Crippen LogP contribution in [0.2, 0.25) is 0 Å². The van der Waals surface area contributed by atoms with Gasteiger partial charge in [0.05, 0.1) is 6.61 Å². The Morgan fingerprint density at radius 3 is 2.75 bits per heavy atom. The summed E-state index contributed by atoms with van der Waals surface area (Å²) in [4.78, 5) is 0. The minimum Gasteiger partial charge on any atom is -0.394 e. The van der Waals surface area contributed by atoms with E-state index in [9.17, 15) is 5.11 Å². The molecule has 12 heavy (non-hydrogen) atoms. The molecular formula is C7H13BO4. The molecule has 5 heteroatoms. The van der Waals surface area contributed by atoms with Crippen LogP contribution in [0.15, 0.2) is 0 Å². The molecule has 0 aromatic rings. The molecule has 0 aliphatic carbocycles. The van der Waals surface area contributed by atoms with Gasteiger partial charge in [0.25, 0.3) is 0 Å². The first-order valence-corrected chi connectivity index (χ1v) is 4.02. The van der Waals surface area contributed by atoms with Gasteiger partial charge in [0, 0.05) is 12.6 Å². The number of ether oxygens (including phenoxy) is 2. The Labute approximate surface area is 72.9 Å². The maximum Gasteiger partial charge on any atom is 0.113 e. The Morgan fingerprint density at radius 1 is 1.58 bits per heavy atom. The molecule has 2 radical (unpaired) electrons. The molecule has 4 nitrogen and oxygen atoms in total. The largest absolute Gasteiger partial charge is 0.394 e. The quantitative estimate of drug-likeness (QED) is 0.516. The van der Waals surface area contributed by atoms with Crippen molar-refractivity contribution >= 4 is 7.85 Å². The zero-order chi connectivity index (χ0) is 9.14. The van der Waals surface area contributed by atoms with Gasteiger partial charge < -0.3 is 19.7 Å². The SMILES string of the molecule is [B][C@@H]1O[C@H](CO)C(OCC)C1O. The highest BCUT2D eigenvalue weighted by atomic mass is 16.6. The van der Waals surface area contributed by atoms with Crippen molar-refractivity contribution in [1.82, 2.24) is 0 Å². The molecule has 1 aliphatic rings. The lowest BCUT2D eigenvalue weighted by Crippen LogP contribution is -2.36. The second-order valence-electron chi connectivity index (χ2n) is 2.73. The zero-order valence-corrected chi connectivity index (χ0v) is 7.01. The van der Waals surface area contributed by atoms with Crippen molar-refractivity contribution < 1.29 is 19.7 Å². The molecule has 4 atom stereocenters. The molecule has 0 aromatic carbocycles. The molecule has 68 valence electrons. The second-order valence-corrected chi connectivity index (χ2v) is 2.73. The fraction of sp³-hybridized carbons (Fsp3) is 1.00. The maximum atomic E-state index is 9.40. The molecule has 1 fully saturated rings. The second kappa shape index (κ2) is 4.23. The average Bonchev–Trinajstić information content (AvgIpc) is 2.33. The Hall–Kier alpha value is -0.0951. The number of hydrogen-bond acceptors (Lipinski definition) is 4. The average molecular weight is 172 g/mol. The fourth-order valence-electron chi connectivity index (χ4n) is 1.31. The molecule has 0 spiro atoms. The van der Waals surface area contributed by atoms with Crippen molar-refractivity contribution in [2.75, 3.05) is 13.2 Å². The molecular weight excluding hydrogens is 159 g/mol. The minimum absolute atomic E-state index is 0.185. The van der Waals surface area contributed by atoms with Gasteiger partial charge in [0.1, 0.15) is 26.2 Å². The minimum atomic E-state index is -0.845. The predicted molar refractivity (Wildman–Crippen MR) is 42.9 cm³/mol. The summed E-state index contributed by atoms with van der Waals surface area (Å²) in [5, 5.41) is 18.2. The van der Waals surface area contributed by atoms with E-state index in [1.807, 2.05) is 6.92 Å². The number of rotatable bonds is 3. The van der Waals surface area contributed by atoms with Crippen LogP contribution < -0.4 is 0 Å². The summed E-state index contributed by atoms with van der Waals surface area (Å²) in [5.41, 5.74) is 0. The smallest absolute Gasteiger partial charge is 0.113 e. The van der Waals surface area contributed by atoms with Gasteiger partial charge in [-0.05, 0) is 6.92 Å². The van der Waals surface area contributed by atoms with Crippen molar-refractivity contribution in [3.63, 3.8) is 0 Å². The highest BCUT2D eigenvalue weighted by Gasteiger charge is 2.40. The Kier molecular flexibility index (Phi) is 3.52. The van der Waals surface area contributed by atoms with E-state index in [2.05, 4.69) is 0 Å². The molecule has 1 aliphatic heterocycles. The highest BCUT2D eigenvalue weighted by molar-refractivity contribution is 6.11. The van der Waals surface area contributed by atoms with Crippen molar-refractivity contribution in [3.8, 4) is 0 Å². The van der Waals surface area contributed by atoms with Crippen LogP contribution in [0.25, 0.3) is 0 Å². The molecule has 2 unspecified atom stereocenters. The van der Waals surface area contributed by atoms with Crippen LogP contribution in [0.4, 0.5) is 0 Å². The van der Waals surface area contributed by atoms with E-state index in [4.69, 9.17) is 22.4 Å². The van der Waals surface area contributed by atoms with Gasteiger partial charge in [0.15, 0.2) is 0 Å². The molecule has 2 N–H and O–H groups in total. The fourth-order valence-corrected chi connectivity index (χ4v) is 1.31. The van der Waals surface area contributed by atoms with E-state index < -0.39 is 24.3 Å². The van der Waals surface area contributed by atoms with Crippen LogP contribution in [-0.4, -0.2) is 55.6 Å². The monoisotopic (exact) mass is 172 g/mol. The standard InChI is InChI=1S/C7H13BO4/c1-2-11-6-4(3-9)12-7(8)5(6)10/h4-7,9-10H,2-3H2,1H3/t4-,5?,6?,7-/m1/s1. The summed E-state index contributed by atoms with van der Waals surface area (Å²) in [5.74, 6) is 0. The highest BCUT2D eigenvalue weighted by Crippen LogP contribution is 2.21. The molecule has 1 heterocycles. The normalized spacial score (nSPS) is 41.9. The van der Waals surface area contributed by atoms with E-state index in [-0.39, 0.29) is 6.61 Å². The Bertz CT molecular complexity index is 143. The molecule has 0 amide bonds. The van der Waals surface area contributed by atoms with E-state index in [1.165, 1.54) is 0 Å². The van der Waals surface area contributed by atoms with Crippen molar-refractivity contribution in [2.24, 2.45) is 0 Å². The molecule has 0 aromatic heterocycles. The third-order valence-electron chi connectivity index (χ3n) is 1.91. The third kappa shape index (κ3) is 1.80. The van der Waals surface area contributed by atoms with Crippen molar-refractivity contribution in [2.45, 2.75) is 31.2 Å². The topological polar surface area (TPSA) is 58.9 Å². The van der Waals surface area contributed by atoms with Crippen LogP contribution in [0.1, 0.15) is 6.92 Å². The lowest BCUT2D eigenvalue weighted by Gasteiger charge is -2.18. The van der Waals surface area contributed by atoms with Crippen molar-refractivity contribution in [3.05, 3.63) is 0 Å². The number of aliphatic hydroxyl groups excluding tert-OH is 2. The maximum absolute atomic E-state index is 9.40. The first-order valence-electron chi connectivity index (χ1n) is 4.02. The van der Waals surface area contributed by atoms with Gasteiger partial charge in [-0.15, -0.1) is 0 Å². The first kappa shape index (κ1) is 9.99. The van der Waals surface area contributed by atoms with E-state index in [1.54, 1.807) is 0 Å². The third-order valence-corrected chi connectivity index (χ3v) is 1.91. The molecule has 1 saturated heterocycles. The van der Waals surface area contributed by atoms with Crippen LogP contribution in [0, 0.1) is 0 Å². The molecule has 1 rings (SSSR count). The summed E-state index contributed by atoms with van der Waals surface area (Å²) in [7, 11) is 5.40. The van der Waals surface area contributed by atoms with Gasteiger partial charge in [-0.3, -0.25) is 0 Å². The van der Waals surface area contributed by atoms with Gasteiger partial charge >= 0.3 is 0 Å². The van der Waals surface area contributed by atoms with Crippen molar-refractivity contribution in [1.29, 1.82) is 0 Å². The van der Waals surface area contributed by atoms with Gasteiger partial charge in [-0.1, -0.05) is 0 Å². The van der Waals surface area contributed by atoms with Gasteiger partial charge in [-0.2, -0.15) is 0 Å². The summed E-state index contributed by atoms with van der Waals surface area (Å²) >= 11 is 0. The zero-order valence-electron chi connectivity index (χ0n) is 7.01. The van der Waals surface area contributed by atoms with E-state index in [0.29, 0.717) is 6.61 Å². The Morgan fingerprint density at radius 2 is 2.25 bits per heavy atom. The Balaban J connectivity index is 2.53. The summed E-state index contributed by atoms with van der Waals surface area (Å²) in [6, 6.07) is -0.751.